The first-order chi connectivity index (χ1) is 11.8. The highest BCUT2D eigenvalue weighted by Crippen LogP contribution is 2.28. The molecule has 0 heterocycles. The predicted octanol–water partition coefficient (Wildman–Crippen LogP) is 4.04. The van der Waals surface area contributed by atoms with E-state index in [1.54, 1.807) is 0 Å². The van der Waals surface area contributed by atoms with Crippen LogP contribution in [0.5, 0.6) is 0 Å². The molecule has 0 aliphatic heterocycles. The molecule has 0 aromatic heterocycles. The van der Waals surface area contributed by atoms with Crippen LogP contribution in [0.15, 0.2) is 0 Å². The number of rotatable bonds is 6. The van der Waals surface area contributed by atoms with Crippen molar-refractivity contribution in [1.29, 1.82) is 0 Å². The number of hydrogen-bond donors (Lipinski definition) is 2. The first-order valence-corrected chi connectivity index (χ1v) is 10.5. The van der Waals surface area contributed by atoms with Gasteiger partial charge in [0.15, 0.2) is 0 Å². The lowest BCUT2D eigenvalue weighted by Gasteiger charge is -2.30. The zero-order valence-electron chi connectivity index (χ0n) is 16.6. The van der Waals surface area contributed by atoms with Crippen molar-refractivity contribution in [2.75, 3.05) is 0 Å². The van der Waals surface area contributed by atoms with Crippen LogP contribution in [-0.2, 0) is 9.59 Å². The molecule has 0 aromatic rings. The Kier molecular flexibility index (Phi) is 7.77. The van der Waals surface area contributed by atoms with Crippen molar-refractivity contribution < 1.29 is 9.59 Å². The molecule has 0 radical (unpaired) electrons. The minimum Gasteiger partial charge on any atom is -0.352 e. The Bertz CT molecular complexity index is 433. The second-order valence-electron chi connectivity index (χ2n) is 9.11. The molecule has 144 valence electrons. The molecule has 0 aromatic carbocycles. The molecule has 2 fully saturated rings. The van der Waals surface area contributed by atoms with Crippen LogP contribution in [0.2, 0.25) is 0 Å². The Hall–Kier alpha value is -1.06. The van der Waals surface area contributed by atoms with Crippen LogP contribution in [0.4, 0.5) is 0 Å². The van der Waals surface area contributed by atoms with E-state index >= 15 is 0 Å². The second-order valence-corrected chi connectivity index (χ2v) is 9.11. The third-order valence-electron chi connectivity index (χ3n) is 6.09. The first kappa shape index (κ1) is 20.3. The zero-order chi connectivity index (χ0) is 18.4. The number of carbonyl (C=O) groups excluding carboxylic acids is 2. The van der Waals surface area contributed by atoms with Gasteiger partial charge in [-0.25, -0.2) is 0 Å². The van der Waals surface area contributed by atoms with Gasteiger partial charge in [0.2, 0.25) is 11.8 Å². The van der Waals surface area contributed by atoms with Gasteiger partial charge in [0.1, 0.15) is 6.04 Å². The molecular weight excluding hydrogens is 312 g/mol. The highest BCUT2D eigenvalue weighted by Gasteiger charge is 2.30. The molecule has 1 atom stereocenters. The lowest BCUT2D eigenvalue weighted by atomic mass is 9.82. The fourth-order valence-electron chi connectivity index (χ4n) is 4.22. The van der Waals surface area contributed by atoms with Gasteiger partial charge in [-0.15, -0.1) is 0 Å². The SMILES string of the molecule is CC(C)CC(NC(=O)C1CCC(C)CC1)C(=O)NC1CCC(C)CC1. The lowest BCUT2D eigenvalue weighted by Crippen LogP contribution is -2.52. The van der Waals surface area contributed by atoms with Gasteiger partial charge >= 0.3 is 0 Å². The number of hydrogen-bond acceptors (Lipinski definition) is 2. The number of amides is 2. The van der Waals surface area contributed by atoms with E-state index in [2.05, 4.69) is 38.3 Å². The van der Waals surface area contributed by atoms with Crippen molar-refractivity contribution in [1.82, 2.24) is 10.6 Å². The lowest BCUT2D eigenvalue weighted by molar-refractivity contribution is -0.132. The molecule has 0 saturated heterocycles. The largest absolute Gasteiger partial charge is 0.352 e. The third kappa shape index (κ3) is 6.63. The normalized spacial score (nSPS) is 31.4. The van der Waals surface area contributed by atoms with Gasteiger partial charge in [0.05, 0.1) is 0 Å². The smallest absolute Gasteiger partial charge is 0.242 e. The molecule has 2 aliphatic carbocycles. The van der Waals surface area contributed by atoms with Crippen molar-refractivity contribution in [3.63, 3.8) is 0 Å². The summed E-state index contributed by atoms with van der Waals surface area (Å²) in [5.74, 6) is 2.08. The van der Waals surface area contributed by atoms with E-state index in [0.717, 1.165) is 50.4 Å². The van der Waals surface area contributed by atoms with Gasteiger partial charge in [0.25, 0.3) is 0 Å². The second kappa shape index (κ2) is 9.59. The van der Waals surface area contributed by atoms with E-state index < -0.39 is 0 Å². The van der Waals surface area contributed by atoms with Crippen LogP contribution in [-0.4, -0.2) is 23.9 Å². The average molecular weight is 351 g/mol. The first-order valence-electron chi connectivity index (χ1n) is 10.5. The van der Waals surface area contributed by atoms with E-state index in [0.29, 0.717) is 12.3 Å². The van der Waals surface area contributed by atoms with Crippen LogP contribution in [0.1, 0.15) is 85.5 Å². The Morgan fingerprint density at radius 2 is 1.40 bits per heavy atom. The van der Waals surface area contributed by atoms with E-state index in [1.807, 2.05) is 0 Å². The summed E-state index contributed by atoms with van der Waals surface area (Å²) in [6.07, 6.45) is 9.39. The monoisotopic (exact) mass is 350 g/mol. The highest BCUT2D eigenvalue weighted by atomic mass is 16.2. The van der Waals surface area contributed by atoms with Gasteiger partial charge in [0, 0.05) is 12.0 Å². The molecule has 4 heteroatoms. The van der Waals surface area contributed by atoms with E-state index in [9.17, 15) is 9.59 Å². The van der Waals surface area contributed by atoms with Crippen molar-refractivity contribution in [2.24, 2.45) is 23.7 Å². The fraction of sp³-hybridized carbons (Fsp3) is 0.905. The quantitative estimate of drug-likeness (QED) is 0.759. The molecule has 2 aliphatic rings. The zero-order valence-corrected chi connectivity index (χ0v) is 16.6. The maximum absolute atomic E-state index is 12.8. The summed E-state index contributed by atoms with van der Waals surface area (Å²) >= 11 is 0. The Balaban J connectivity index is 1.88. The third-order valence-corrected chi connectivity index (χ3v) is 6.09. The average Bonchev–Trinajstić information content (AvgIpc) is 2.56. The molecule has 0 spiro atoms. The molecular formula is C21H38N2O2. The molecule has 25 heavy (non-hydrogen) atoms. The van der Waals surface area contributed by atoms with Gasteiger partial charge in [-0.05, 0) is 75.5 Å². The fourth-order valence-corrected chi connectivity index (χ4v) is 4.22. The highest BCUT2D eigenvalue weighted by molar-refractivity contribution is 5.88. The summed E-state index contributed by atoms with van der Waals surface area (Å²) in [7, 11) is 0. The molecule has 2 rings (SSSR count). The van der Waals surface area contributed by atoms with Gasteiger partial charge < -0.3 is 10.6 Å². The molecule has 4 nitrogen and oxygen atoms in total. The number of carbonyl (C=O) groups is 2. The van der Waals surface area contributed by atoms with E-state index in [1.165, 1.54) is 12.8 Å². The summed E-state index contributed by atoms with van der Waals surface area (Å²) < 4.78 is 0. The topological polar surface area (TPSA) is 58.2 Å². The minimum atomic E-state index is -0.383. The van der Waals surface area contributed by atoms with E-state index in [4.69, 9.17) is 0 Å². The predicted molar refractivity (Wildman–Crippen MR) is 102 cm³/mol. The van der Waals surface area contributed by atoms with Crippen molar-refractivity contribution in [2.45, 2.75) is 97.6 Å². The molecule has 2 N–H and O–H groups in total. The van der Waals surface area contributed by atoms with Crippen molar-refractivity contribution in [3.05, 3.63) is 0 Å². The van der Waals surface area contributed by atoms with Crippen LogP contribution < -0.4 is 10.6 Å². The van der Waals surface area contributed by atoms with Crippen molar-refractivity contribution in [3.8, 4) is 0 Å². The molecule has 0 bridgehead atoms. The molecule has 2 amide bonds. The molecule has 1 unspecified atom stereocenters. The summed E-state index contributed by atoms with van der Waals surface area (Å²) in [5.41, 5.74) is 0. The number of nitrogens with one attached hydrogen (secondary N) is 2. The van der Waals surface area contributed by atoms with Crippen LogP contribution >= 0.6 is 0 Å². The van der Waals surface area contributed by atoms with Gasteiger partial charge in [-0.1, -0.05) is 27.7 Å². The summed E-state index contributed by atoms with van der Waals surface area (Å²) in [4.78, 5) is 25.4. The standard InChI is InChI=1S/C21H38N2O2/c1-14(2)13-19(21(25)22-18-11-7-16(4)8-12-18)23-20(24)17-9-5-15(3)6-10-17/h14-19H,5-13H2,1-4H3,(H,22,25)(H,23,24). The van der Waals surface area contributed by atoms with Crippen LogP contribution in [0, 0.1) is 23.7 Å². The van der Waals surface area contributed by atoms with Crippen LogP contribution in [0.25, 0.3) is 0 Å². The van der Waals surface area contributed by atoms with E-state index in [-0.39, 0.29) is 29.8 Å². The Morgan fingerprint density at radius 1 is 0.880 bits per heavy atom. The maximum atomic E-state index is 12.8. The Morgan fingerprint density at radius 3 is 1.92 bits per heavy atom. The molecule has 2 saturated carbocycles. The summed E-state index contributed by atoms with van der Waals surface area (Å²) in [6, 6.07) is -0.100. The van der Waals surface area contributed by atoms with Crippen LogP contribution in [0.3, 0.4) is 0 Å². The van der Waals surface area contributed by atoms with Crippen molar-refractivity contribution >= 4 is 11.8 Å². The summed E-state index contributed by atoms with van der Waals surface area (Å²) in [5, 5.41) is 6.29. The van der Waals surface area contributed by atoms with Gasteiger partial charge in [-0.3, -0.25) is 9.59 Å². The minimum absolute atomic E-state index is 0.0192. The van der Waals surface area contributed by atoms with Gasteiger partial charge in [-0.2, -0.15) is 0 Å². The summed E-state index contributed by atoms with van der Waals surface area (Å²) in [6.45, 7) is 8.76. The maximum Gasteiger partial charge on any atom is 0.242 e. The Labute approximate surface area is 153 Å².